The van der Waals surface area contributed by atoms with Gasteiger partial charge in [-0.2, -0.15) is 0 Å². The summed E-state index contributed by atoms with van der Waals surface area (Å²) in [5, 5.41) is 3.72. The molecule has 0 unspecified atom stereocenters. The molecule has 1 radical (unpaired) electrons. The summed E-state index contributed by atoms with van der Waals surface area (Å²) in [6.45, 7) is 31.3. The monoisotopic (exact) mass is 1620 g/mol. The van der Waals surface area contributed by atoms with E-state index in [-0.39, 0.29) is 98.2 Å². The van der Waals surface area contributed by atoms with Crippen molar-refractivity contribution in [2.75, 3.05) is 74.0 Å². The van der Waals surface area contributed by atoms with Crippen molar-refractivity contribution >= 4 is 148 Å². The average Bonchev–Trinajstić information content (AvgIpc) is 1.62. The number of allylic oxidation sites excluding steroid dienone is 1. The number of nitrogens with zero attached hydrogens (tertiary/aromatic N) is 17. The van der Waals surface area contributed by atoms with Crippen molar-refractivity contribution in [3.63, 3.8) is 0 Å². The summed E-state index contributed by atoms with van der Waals surface area (Å²) in [4.78, 5) is 80.8. The van der Waals surface area contributed by atoms with E-state index >= 15 is 0 Å². The number of hydrogen-bond donors (Lipinski definition) is 5. The lowest BCUT2D eigenvalue weighted by atomic mass is 9.90. The lowest BCUT2D eigenvalue weighted by Crippen LogP contribution is -2.41. The molecular formula is C71H90B2Cl5N22O11. The molecule has 9 aromatic rings. The fraction of sp³-hybridized carbons (Fsp3) is 0.408. The number of fused-ring (bicyclic) bond motifs is 5. The molecule has 0 bridgehead atoms. The van der Waals surface area contributed by atoms with Crippen LogP contribution in [0.3, 0.4) is 0 Å². The fourth-order valence-electron chi connectivity index (χ4n) is 9.26. The van der Waals surface area contributed by atoms with E-state index in [0.29, 0.717) is 73.1 Å². The quantitative estimate of drug-likeness (QED) is 0.0249. The number of aromatic nitrogens is 16. The Morgan fingerprint density at radius 2 is 1.15 bits per heavy atom. The van der Waals surface area contributed by atoms with E-state index in [9.17, 15) is 9.59 Å². The van der Waals surface area contributed by atoms with Crippen LogP contribution in [0.1, 0.15) is 141 Å². The van der Waals surface area contributed by atoms with E-state index in [1.54, 1.807) is 36.9 Å². The Hall–Kier alpha value is -10.0. The molecule has 0 aromatic carbocycles. The van der Waals surface area contributed by atoms with Gasteiger partial charge in [0.2, 0.25) is 38.8 Å². The second-order valence-corrected chi connectivity index (χ2v) is 27.0. The molecule has 9 aromatic heterocycles. The SMILES string of the molecule is C#COCC.CC1(C)O[B]OC1(C)C.CCCn1ccc2nc(Cl)ncc21.CCCn1ccc2nc(N3CCOc4ncnc(N)c4C3=O)ncc21.CCO/C=C/B1OC(C)(C)C(C)(C)O1.CCO/C=C/c1nc(Cl)ncc1N.Clc1ncc2c(n1)C=CC2.Nc1cnc(Cl)nc1Cl.Nc1ncnc2c1C(=O)NCCO2. The summed E-state index contributed by atoms with van der Waals surface area (Å²) in [6.07, 6.45) is 33.2. The number of carbonyl (C=O) groups is 2. The van der Waals surface area contributed by atoms with Gasteiger partial charge in [-0.1, -0.05) is 37.9 Å². The number of nitrogen functional groups attached to an aromatic ring is 4. The number of rotatable bonds is 12. The summed E-state index contributed by atoms with van der Waals surface area (Å²) in [7, 11) is 1.12. The molecule has 111 heavy (non-hydrogen) atoms. The van der Waals surface area contributed by atoms with Gasteiger partial charge in [0.25, 0.3) is 11.8 Å². The van der Waals surface area contributed by atoms with Crippen molar-refractivity contribution in [3.8, 4) is 24.3 Å². The zero-order valence-corrected chi connectivity index (χ0v) is 67.6. The minimum Gasteiger partial charge on any atom is -0.502 e. The maximum absolute atomic E-state index is 12.9. The highest BCUT2D eigenvalue weighted by molar-refractivity contribution is 6.51. The molecule has 40 heteroatoms. The molecule has 33 nitrogen and oxygen atoms in total. The molecule has 0 atom stereocenters. The lowest BCUT2D eigenvalue weighted by Gasteiger charge is -2.32. The van der Waals surface area contributed by atoms with Crippen LogP contribution in [0, 0.1) is 12.5 Å². The summed E-state index contributed by atoms with van der Waals surface area (Å²) in [6, 6.07) is 3.87. The molecule has 4 aliphatic heterocycles. The van der Waals surface area contributed by atoms with Gasteiger partial charge < -0.3 is 79.7 Å². The van der Waals surface area contributed by atoms with Crippen molar-refractivity contribution in [1.82, 2.24) is 84.2 Å². The van der Waals surface area contributed by atoms with E-state index < -0.39 is 0 Å². The van der Waals surface area contributed by atoms with Crippen molar-refractivity contribution in [2.24, 2.45) is 0 Å². The van der Waals surface area contributed by atoms with Crippen molar-refractivity contribution in [2.45, 2.75) is 145 Å². The molecule has 1 aliphatic carbocycles. The molecule has 5 aliphatic rings. The number of nitrogens with two attached hydrogens (primary N) is 4. The Balaban J connectivity index is 0.000000201. The number of anilines is 5. The van der Waals surface area contributed by atoms with E-state index in [2.05, 4.69) is 115 Å². The number of aryl methyl sites for hydroxylation is 2. The highest BCUT2D eigenvalue weighted by atomic mass is 35.5. The van der Waals surface area contributed by atoms with Crippen LogP contribution < -0.4 is 42.6 Å². The molecule has 14 rings (SSSR count). The Labute approximate surface area is 670 Å². The second kappa shape index (κ2) is 43.5. The van der Waals surface area contributed by atoms with Gasteiger partial charge in [-0.15, -0.1) is 0 Å². The molecule has 2 fully saturated rings. The summed E-state index contributed by atoms with van der Waals surface area (Å²) >= 11 is 27.6. The third-order valence-electron chi connectivity index (χ3n) is 16.4. The summed E-state index contributed by atoms with van der Waals surface area (Å²) in [5.41, 5.74) is 28.8. The van der Waals surface area contributed by atoms with Gasteiger partial charge in [-0.3, -0.25) is 14.5 Å². The highest BCUT2D eigenvalue weighted by Gasteiger charge is 2.50. The van der Waals surface area contributed by atoms with Gasteiger partial charge >= 0.3 is 14.8 Å². The Kier molecular flexibility index (Phi) is 35.3. The van der Waals surface area contributed by atoms with Gasteiger partial charge in [-0.05, 0) is 166 Å². The van der Waals surface area contributed by atoms with Crippen molar-refractivity contribution in [3.05, 3.63) is 147 Å². The normalized spacial score (nSPS) is 15.3. The third kappa shape index (κ3) is 26.6. The molecule has 13 heterocycles. The van der Waals surface area contributed by atoms with Crippen LogP contribution in [0.4, 0.5) is 29.0 Å². The first kappa shape index (κ1) is 89.9. The van der Waals surface area contributed by atoms with Crippen LogP contribution >= 0.6 is 58.0 Å². The largest absolute Gasteiger partial charge is 0.502 e. The van der Waals surface area contributed by atoms with Crippen molar-refractivity contribution in [1.29, 1.82) is 0 Å². The maximum atomic E-state index is 12.9. The van der Waals surface area contributed by atoms with Crippen LogP contribution in [-0.4, -0.2) is 174 Å². The topological polar surface area (TPSA) is 427 Å². The predicted molar refractivity (Wildman–Crippen MR) is 430 cm³/mol. The fourth-order valence-corrected chi connectivity index (χ4v) is 9.99. The molecule has 0 spiro atoms. The maximum Gasteiger partial charge on any atom is 0.490 e. The molecule has 9 N–H and O–H groups in total. The number of carbonyl (C=O) groups excluding carboxylic acids is 2. The highest BCUT2D eigenvalue weighted by Crippen LogP contribution is 2.37. The minimum absolute atomic E-state index is 0.0806. The lowest BCUT2D eigenvalue weighted by molar-refractivity contribution is 0.00578. The molecule has 2 saturated heterocycles. The number of halogens is 5. The number of hydrogen-bond acceptors (Lipinski definition) is 29. The predicted octanol–water partition coefficient (Wildman–Crippen LogP) is 11.6. The zero-order chi connectivity index (χ0) is 81.5. The number of amides is 2. The number of nitrogens with one attached hydrogen (secondary N) is 1. The first-order valence-electron chi connectivity index (χ1n) is 34.8. The van der Waals surface area contributed by atoms with Gasteiger partial charge in [0.15, 0.2) is 5.15 Å². The van der Waals surface area contributed by atoms with Gasteiger partial charge in [0, 0.05) is 43.3 Å². The van der Waals surface area contributed by atoms with Gasteiger partial charge in [-0.25, -0.2) is 69.8 Å². The Bertz CT molecular complexity index is 4640. The van der Waals surface area contributed by atoms with E-state index in [0.717, 1.165) is 65.7 Å². The third-order valence-corrected chi connectivity index (χ3v) is 17.4. The van der Waals surface area contributed by atoms with Gasteiger partial charge in [0.1, 0.15) is 54.7 Å². The first-order valence-corrected chi connectivity index (χ1v) is 36.7. The van der Waals surface area contributed by atoms with Crippen LogP contribution in [0.5, 0.6) is 11.8 Å². The first-order chi connectivity index (χ1) is 52.8. The molecule has 591 valence electrons. The number of ether oxygens (including phenoxy) is 5. The molecular weight excluding hydrogens is 1540 g/mol. The van der Waals surface area contributed by atoms with E-state index in [1.807, 2.05) is 113 Å². The van der Waals surface area contributed by atoms with Crippen LogP contribution in [0.25, 0.3) is 34.2 Å². The van der Waals surface area contributed by atoms with Crippen LogP contribution in [-0.2, 0) is 52.3 Å². The number of terminal acetylenes is 1. The minimum atomic E-state index is -0.363. The van der Waals surface area contributed by atoms with Crippen LogP contribution in [0.15, 0.2) is 92.7 Å². The molecule has 0 saturated carbocycles. The Morgan fingerprint density at radius 3 is 1.71 bits per heavy atom. The van der Waals surface area contributed by atoms with E-state index in [4.69, 9.17) is 119 Å². The summed E-state index contributed by atoms with van der Waals surface area (Å²) < 4.78 is 51.2. The summed E-state index contributed by atoms with van der Waals surface area (Å²) in [5.74, 6) is 2.12. The standard InChI is InChI=1S/C16H17N7O2.C10H19BO3.C9H10ClN3.C8H10ClN3O.C7H5ClN2.C7H8N4O2.C6H12BO2.C4H3Cl2N3.C4H6O/c1-2-4-22-5-3-10-11(22)8-18-16(21-10)23-6-7-25-14-12(15(23)24)13(17)19-9-20-14;1-6-12-8-7-11-13-9(2,3)10(4,5)14-11;1-2-4-13-5-3-7-8(13)6-11-9(10)12-7;1-2-13-4-3-7-6(10)5-11-8(9)12-7;8-7-9-4-5-2-1-3-6(5)10-7;8-5-4-6(12)9-1-2-13-7(4)11-3-10-5;1-5(2)6(3,4)9-7-8-5;5-3-2(7)1-8-4(6)9-3;1-3-5-4-2/h3,5,8-9H,2,4,6-7H2,1H3,(H2,17,19,20);7-8H,6H2,1-5H3;3,5-6H,2,4H2,1H3;3-5H,2,10H2,1H3;1,3-4H,2H2;3H,1-2H2,(H,9,12)(H2,8,10,11);1-4H3;1H,7H2;1H,4H2,2H3/b;8-7+;;4-3+;;;;;. The molecule has 2 amide bonds. The van der Waals surface area contributed by atoms with Gasteiger partial charge in [0.05, 0.1) is 137 Å². The zero-order valence-electron chi connectivity index (χ0n) is 63.8. The average molecular weight is 1630 g/mol. The van der Waals surface area contributed by atoms with Crippen LogP contribution in [0.2, 0.25) is 26.3 Å². The van der Waals surface area contributed by atoms with Crippen molar-refractivity contribution < 1.29 is 51.9 Å². The van der Waals surface area contributed by atoms with E-state index in [1.165, 1.54) is 43.9 Å². The smallest absolute Gasteiger partial charge is 0.490 e. The Morgan fingerprint density at radius 1 is 0.622 bits per heavy atom. The second-order valence-electron chi connectivity index (χ2n) is 25.2.